The fourth-order valence-corrected chi connectivity index (χ4v) is 3.15. The zero-order valence-electron chi connectivity index (χ0n) is 13.7. The van der Waals surface area contributed by atoms with Crippen molar-refractivity contribution in [3.8, 4) is 5.75 Å². The van der Waals surface area contributed by atoms with E-state index < -0.39 is 11.7 Å². The van der Waals surface area contributed by atoms with Crippen LogP contribution in [-0.2, 0) is 6.18 Å². The Morgan fingerprint density at radius 3 is 2.62 bits per heavy atom. The Kier molecular flexibility index (Phi) is 4.14. The second-order valence-corrected chi connectivity index (χ2v) is 6.10. The highest BCUT2D eigenvalue weighted by Crippen LogP contribution is 2.37. The number of rotatable bonds is 3. The lowest BCUT2D eigenvalue weighted by Crippen LogP contribution is -2.39. The molecule has 0 aliphatic carbocycles. The zero-order chi connectivity index (χ0) is 18.1. The Morgan fingerprint density at radius 1 is 1.08 bits per heavy atom. The van der Waals surface area contributed by atoms with Crippen LogP contribution in [0.1, 0.15) is 18.4 Å². The van der Waals surface area contributed by atoms with Gasteiger partial charge in [0.2, 0.25) is 0 Å². The van der Waals surface area contributed by atoms with Crippen LogP contribution in [-0.4, -0.2) is 39.1 Å². The van der Waals surface area contributed by atoms with Crippen molar-refractivity contribution in [2.24, 2.45) is 0 Å². The smallest absolute Gasteiger partial charge is 0.419 e. The number of fused-ring (bicyclic) bond motifs is 1. The fraction of sp³-hybridized carbons (Fsp3) is 0.353. The molecular weight excluding hydrogens is 347 g/mol. The van der Waals surface area contributed by atoms with Gasteiger partial charge in [0, 0.05) is 25.9 Å². The van der Waals surface area contributed by atoms with E-state index in [1.165, 1.54) is 18.5 Å². The molecular formula is C17H16F3N5O. The largest absolute Gasteiger partial charge is 0.490 e. The lowest BCUT2D eigenvalue weighted by Gasteiger charge is -2.33. The Hall–Kier alpha value is -2.84. The first-order valence-corrected chi connectivity index (χ1v) is 8.24. The Bertz CT molecular complexity index is 903. The van der Waals surface area contributed by atoms with Crippen molar-refractivity contribution in [2.75, 3.05) is 18.0 Å². The van der Waals surface area contributed by atoms with E-state index in [2.05, 4.69) is 24.8 Å². The van der Waals surface area contributed by atoms with Gasteiger partial charge in [0.1, 0.15) is 23.7 Å². The quantitative estimate of drug-likeness (QED) is 0.772. The van der Waals surface area contributed by atoms with E-state index in [-0.39, 0.29) is 11.9 Å². The van der Waals surface area contributed by atoms with Crippen molar-refractivity contribution in [3.05, 3.63) is 42.5 Å². The number of anilines is 1. The van der Waals surface area contributed by atoms with Gasteiger partial charge in [-0.2, -0.15) is 13.2 Å². The van der Waals surface area contributed by atoms with E-state index in [4.69, 9.17) is 4.74 Å². The lowest BCUT2D eigenvalue weighted by molar-refractivity contribution is -0.139. The molecule has 136 valence electrons. The Balaban J connectivity index is 1.46. The number of para-hydroxylation sites is 1. The molecule has 1 aromatic carbocycles. The predicted molar refractivity (Wildman–Crippen MR) is 89.0 cm³/mol. The maximum absolute atomic E-state index is 13.1. The number of alkyl halides is 3. The molecule has 1 N–H and O–H groups in total. The molecule has 9 heteroatoms. The van der Waals surface area contributed by atoms with Crippen LogP contribution in [0.3, 0.4) is 0 Å². The molecule has 6 nitrogen and oxygen atoms in total. The molecule has 0 radical (unpaired) electrons. The number of piperidine rings is 1. The predicted octanol–water partition coefficient (Wildman–Crippen LogP) is 3.42. The molecule has 2 aromatic heterocycles. The van der Waals surface area contributed by atoms with Crippen LogP contribution in [0.15, 0.2) is 36.9 Å². The minimum Gasteiger partial charge on any atom is -0.490 e. The van der Waals surface area contributed by atoms with Crippen LogP contribution in [0.5, 0.6) is 5.75 Å². The third-order valence-electron chi connectivity index (χ3n) is 4.43. The minimum atomic E-state index is -4.43. The van der Waals surface area contributed by atoms with Crippen molar-refractivity contribution in [2.45, 2.75) is 25.1 Å². The Morgan fingerprint density at radius 2 is 1.85 bits per heavy atom. The zero-order valence-corrected chi connectivity index (χ0v) is 13.7. The first-order valence-electron chi connectivity index (χ1n) is 8.24. The first kappa shape index (κ1) is 16.6. The second-order valence-electron chi connectivity index (χ2n) is 6.10. The average molecular weight is 363 g/mol. The molecule has 0 spiro atoms. The number of aromatic nitrogens is 4. The summed E-state index contributed by atoms with van der Waals surface area (Å²) in [6.45, 7) is 1.25. The van der Waals surface area contributed by atoms with Gasteiger partial charge in [0.25, 0.3) is 0 Å². The van der Waals surface area contributed by atoms with Gasteiger partial charge < -0.3 is 14.6 Å². The highest BCUT2D eigenvalue weighted by Gasteiger charge is 2.35. The van der Waals surface area contributed by atoms with Crippen LogP contribution < -0.4 is 9.64 Å². The van der Waals surface area contributed by atoms with Crippen LogP contribution in [0.4, 0.5) is 19.0 Å². The molecule has 0 bridgehead atoms. The van der Waals surface area contributed by atoms with Crippen LogP contribution in [0.25, 0.3) is 11.2 Å². The van der Waals surface area contributed by atoms with Crippen molar-refractivity contribution in [1.29, 1.82) is 0 Å². The molecule has 1 fully saturated rings. The van der Waals surface area contributed by atoms with Crippen molar-refractivity contribution in [1.82, 2.24) is 19.9 Å². The van der Waals surface area contributed by atoms with E-state index in [1.807, 2.05) is 0 Å². The summed E-state index contributed by atoms with van der Waals surface area (Å²) >= 11 is 0. The van der Waals surface area contributed by atoms with Gasteiger partial charge in [-0.1, -0.05) is 12.1 Å². The van der Waals surface area contributed by atoms with E-state index in [1.54, 1.807) is 12.4 Å². The molecule has 3 heterocycles. The van der Waals surface area contributed by atoms with Crippen LogP contribution in [0, 0.1) is 0 Å². The number of hydrogen-bond donors (Lipinski definition) is 1. The van der Waals surface area contributed by atoms with E-state index >= 15 is 0 Å². The molecule has 1 aliphatic rings. The highest BCUT2D eigenvalue weighted by atomic mass is 19.4. The van der Waals surface area contributed by atoms with Gasteiger partial charge >= 0.3 is 6.18 Å². The van der Waals surface area contributed by atoms with Gasteiger partial charge in [-0.15, -0.1) is 0 Å². The van der Waals surface area contributed by atoms with Crippen molar-refractivity contribution >= 4 is 17.0 Å². The monoisotopic (exact) mass is 363 g/mol. The normalized spacial score (nSPS) is 16.2. The summed E-state index contributed by atoms with van der Waals surface area (Å²) in [5, 5.41) is 0. The van der Waals surface area contributed by atoms with Crippen LogP contribution >= 0.6 is 0 Å². The molecule has 0 unspecified atom stereocenters. The number of aromatic amines is 1. The standard InChI is InChI=1S/C17H16F3N5O/c18-17(19,20)12-3-1-2-4-13(12)26-11-5-7-25(8-6-11)16-14-15(22-9-21-14)23-10-24-16/h1-4,9-11H,5-8H2,(H,21,22,23,24). The molecule has 26 heavy (non-hydrogen) atoms. The third-order valence-corrected chi connectivity index (χ3v) is 4.43. The maximum atomic E-state index is 13.1. The van der Waals surface area contributed by atoms with E-state index in [0.29, 0.717) is 37.1 Å². The molecule has 0 saturated carbocycles. The van der Waals surface area contributed by atoms with Crippen molar-refractivity contribution in [3.63, 3.8) is 0 Å². The second kappa shape index (κ2) is 6.47. The maximum Gasteiger partial charge on any atom is 0.419 e. The van der Waals surface area contributed by atoms with Gasteiger partial charge in [-0.05, 0) is 12.1 Å². The molecule has 1 saturated heterocycles. The van der Waals surface area contributed by atoms with Crippen molar-refractivity contribution < 1.29 is 17.9 Å². The average Bonchev–Trinajstić information content (AvgIpc) is 3.11. The van der Waals surface area contributed by atoms with E-state index in [0.717, 1.165) is 11.9 Å². The summed E-state index contributed by atoms with van der Waals surface area (Å²) in [7, 11) is 0. The summed E-state index contributed by atoms with van der Waals surface area (Å²) in [6, 6.07) is 5.32. The molecule has 1 aliphatic heterocycles. The molecule has 0 atom stereocenters. The number of nitrogens with zero attached hydrogens (tertiary/aromatic N) is 4. The number of halogens is 3. The van der Waals surface area contributed by atoms with Crippen LogP contribution in [0.2, 0.25) is 0 Å². The number of H-pyrrole nitrogens is 1. The summed E-state index contributed by atoms with van der Waals surface area (Å²) in [5.41, 5.74) is 0.609. The van der Waals surface area contributed by atoms with Gasteiger partial charge in [-0.3, -0.25) is 0 Å². The number of imidazole rings is 1. The summed E-state index contributed by atoms with van der Waals surface area (Å²) < 4.78 is 44.9. The molecule has 4 rings (SSSR count). The fourth-order valence-electron chi connectivity index (χ4n) is 3.15. The van der Waals surface area contributed by atoms with Gasteiger partial charge in [-0.25, -0.2) is 15.0 Å². The summed E-state index contributed by atoms with van der Waals surface area (Å²) in [6.07, 6.45) is -0.468. The number of nitrogens with one attached hydrogen (secondary N) is 1. The SMILES string of the molecule is FC(F)(F)c1ccccc1OC1CCN(c2ncnc3[nH]cnc23)CC1. The first-order chi connectivity index (χ1) is 12.5. The van der Waals surface area contributed by atoms with Gasteiger partial charge in [0.15, 0.2) is 11.5 Å². The molecule has 3 aromatic rings. The molecule has 0 amide bonds. The third kappa shape index (κ3) is 3.16. The summed E-state index contributed by atoms with van der Waals surface area (Å²) in [5.74, 6) is 0.612. The highest BCUT2D eigenvalue weighted by molar-refractivity contribution is 5.82. The summed E-state index contributed by atoms with van der Waals surface area (Å²) in [4.78, 5) is 17.7. The minimum absolute atomic E-state index is 0.116. The van der Waals surface area contributed by atoms with E-state index in [9.17, 15) is 13.2 Å². The van der Waals surface area contributed by atoms with Gasteiger partial charge in [0.05, 0.1) is 11.9 Å². The number of hydrogen-bond acceptors (Lipinski definition) is 5. The topological polar surface area (TPSA) is 66.9 Å². The Labute approximate surface area is 147 Å². The lowest BCUT2D eigenvalue weighted by atomic mass is 10.1. The number of benzene rings is 1. The number of ether oxygens (including phenoxy) is 1.